The molecule has 0 saturated carbocycles. The van der Waals surface area contributed by atoms with Crippen LogP contribution in [0, 0.1) is 5.82 Å². The maximum atomic E-state index is 12.8. The molecule has 18 heavy (non-hydrogen) atoms. The molecule has 6 heteroatoms. The smallest absolute Gasteiger partial charge is 0.260 e. The Morgan fingerprint density at radius 2 is 2.28 bits per heavy atom. The molecule has 1 aromatic carbocycles. The van der Waals surface area contributed by atoms with Gasteiger partial charge < -0.3 is 20.5 Å². The second-order valence-electron chi connectivity index (χ2n) is 3.73. The van der Waals surface area contributed by atoms with Gasteiger partial charge in [-0.05, 0) is 19.1 Å². The minimum Gasteiger partial charge on any atom is -0.479 e. The highest BCUT2D eigenvalue weighted by atomic mass is 19.1. The predicted molar refractivity (Wildman–Crippen MR) is 65.8 cm³/mol. The van der Waals surface area contributed by atoms with Gasteiger partial charge in [0.15, 0.2) is 6.10 Å². The first-order chi connectivity index (χ1) is 8.54. The van der Waals surface area contributed by atoms with Crippen LogP contribution in [0.1, 0.15) is 6.92 Å². The Morgan fingerprint density at radius 3 is 2.89 bits per heavy atom. The largest absolute Gasteiger partial charge is 0.479 e. The van der Waals surface area contributed by atoms with Crippen molar-refractivity contribution in [1.82, 2.24) is 5.32 Å². The fourth-order valence-electron chi connectivity index (χ4n) is 1.29. The number of halogens is 1. The zero-order valence-electron chi connectivity index (χ0n) is 10.4. The molecule has 0 bridgehead atoms. The number of nitrogens with two attached hydrogens (primary N) is 1. The van der Waals surface area contributed by atoms with Gasteiger partial charge in [-0.25, -0.2) is 4.39 Å². The fourth-order valence-corrected chi connectivity index (χ4v) is 1.29. The van der Waals surface area contributed by atoms with Gasteiger partial charge in [-0.2, -0.15) is 0 Å². The molecule has 5 nitrogen and oxygen atoms in total. The van der Waals surface area contributed by atoms with Crippen LogP contribution in [0.3, 0.4) is 0 Å². The predicted octanol–water partition coefficient (Wildman–Crippen LogP) is 0.938. The van der Waals surface area contributed by atoms with Crippen molar-refractivity contribution in [1.29, 1.82) is 0 Å². The summed E-state index contributed by atoms with van der Waals surface area (Å²) in [7, 11) is 1.55. The summed E-state index contributed by atoms with van der Waals surface area (Å²) in [5, 5.41) is 2.63. The molecule has 0 aromatic heterocycles. The number of hydrogen-bond acceptors (Lipinski definition) is 4. The van der Waals surface area contributed by atoms with Crippen LogP contribution in [0.5, 0.6) is 5.75 Å². The summed E-state index contributed by atoms with van der Waals surface area (Å²) in [6, 6.07) is 3.76. The van der Waals surface area contributed by atoms with Gasteiger partial charge >= 0.3 is 0 Å². The fraction of sp³-hybridized carbons (Fsp3) is 0.417. The monoisotopic (exact) mass is 256 g/mol. The van der Waals surface area contributed by atoms with Crippen LogP contribution in [0.25, 0.3) is 0 Å². The van der Waals surface area contributed by atoms with Crippen molar-refractivity contribution in [3.8, 4) is 5.75 Å². The lowest BCUT2D eigenvalue weighted by Gasteiger charge is -2.15. The molecule has 1 aromatic rings. The van der Waals surface area contributed by atoms with E-state index in [9.17, 15) is 9.18 Å². The Kier molecular flexibility index (Phi) is 5.38. The van der Waals surface area contributed by atoms with E-state index in [-0.39, 0.29) is 17.3 Å². The highest BCUT2D eigenvalue weighted by Gasteiger charge is 2.15. The van der Waals surface area contributed by atoms with Crippen molar-refractivity contribution < 1.29 is 18.7 Å². The van der Waals surface area contributed by atoms with Crippen molar-refractivity contribution in [2.45, 2.75) is 13.0 Å². The Labute approximate surface area is 105 Å². The van der Waals surface area contributed by atoms with E-state index in [2.05, 4.69) is 5.32 Å². The molecular weight excluding hydrogens is 239 g/mol. The maximum absolute atomic E-state index is 12.8. The van der Waals surface area contributed by atoms with Crippen molar-refractivity contribution >= 4 is 11.6 Å². The third kappa shape index (κ3) is 4.21. The number of rotatable bonds is 6. The van der Waals surface area contributed by atoms with E-state index in [0.717, 1.165) is 6.07 Å². The van der Waals surface area contributed by atoms with Crippen molar-refractivity contribution in [3.05, 3.63) is 24.0 Å². The Bertz CT molecular complexity index is 412. The van der Waals surface area contributed by atoms with Crippen LogP contribution in [-0.2, 0) is 9.53 Å². The number of carbonyl (C=O) groups excluding carboxylic acids is 1. The molecule has 1 atom stereocenters. The summed E-state index contributed by atoms with van der Waals surface area (Å²) in [5.41, 5.74) is 5.73. The molecule has 1 unspecified atom stereocenters. The average molecular weight is 256 g/mol. The number of carbonyl (C=O) groups is 1. The first-order valence-corrected chi connectivity index (χ1v) is 5.53. The second-order valence-corrected chi connectivity index (χ2v) is 3.73. The summed E-state index contributed by atoms with van der Waals surface area (Å²) in [4.78, 5) is 11.6. The minimum absolute atomic E-state index is 0.159. The molecule has 0 heterocycles. The lowest BCUT2D eigenvalue weighted by atomic mass is 10.3. The molecule has 3 N–H and O–H groups in total. The molecule has 1 rings (SSSR count). The van der Waals surface area contributed by atoms with Crippen molar-refractivity contribution in [2.75, 3.05) is 26.0 Å². The van der Waals surface area contributed by atoms with E-state index in [1.54, 1.807) is 14.0 Å². The highest BCUT2D eigenvalue weighted by Crippen LogP contribution is 2.22. The number of anilines is 1. The maximum Gasteiger partial charge on any atom is 0.260 e. The zero-order chi connectivity index (χ0) is 13.5. The summed E-state index contributed by atoms with van der Waals surface area (Å²) in [5.74, 6) is -0.446. The van der Waals surface area contributed by atoms with Gasteiger partial charge in [0.1, 0.15) is 11.6 Å². The summed E-state index contributed by atoms with van der Waals surface area (Å²) < 4.78 is 23.0. The van der Waals surface area contributed by atoms with E-state index >= 15 is 0 Å². The molecule has 0 fully saturated rings. The van der Waals surface area contributed by atoms with E-state index in [0.29, 0.717) is 13.2 Å². The summed E-state index contributed by atoms with van der Waals surface area (Å²) >= 11 is 0. The molecule has 0 aliphatic rings. The molecule has 0 aliphatic carbocycles. The molecule has 100 valence electrons. The van der Waals surface area contributed by atoms with Gasteiger partial charge in [-0.1, -0.05) is 0 Å². The Hall–Kier alpha value is -1.82. The minimum atomic E-state index is -0.713. The lowest BCUT2D eigenvalue weighted by Crippen LogP contribution is -2.38. The van der Waals surface area contributed by atoms with Crippen LogP contribution in [0.15, 0.2) is 18.2 Å². The van der Waals surface area contributed by atoms with Crippen molar-refractivity contribution in [2.24, 2.45) is 0 Å². The van der Waals surface area contributed by atoms with Crippen LogP contribution < -0.4 is 15.8 Å². The third-order valence-corrected chi connectivity index (χ3v) is 2.25. The number of amides is 1. The molecule has 1 amide bonds. The first-order valence-electron chi connectivity index (χ1n) is 5.53. The lowest BCUT2D eigenvalue weighted by molar-refractivity contribution is -0.127. The number of nitrogens with one attached hydrogen (secondary N) is 1. The van der Waals surface area contributed by atoms with Gasteiger partial charge in [0.05, 0.1) is 12.3 Å². The third-order valence-electron chi connectivity index (χ3n) is 2.25. The molecule has 0 saturated heterocycles. The summed E-state index contributed by atoms with van der Waals surface area (Å²) in [6.07, 6.45) is -0.713. The number of benzene rings is 1. The standard InChI is InChI=1S/C12H17FN2O3/c1-8(12(16)15-5-6-17-2)18-11-4-3-9(13)7-10(11)14/h3-4,7-8H,5-6,14H2,1-2H3,(H,15,16). The van der Waals surface area contributed by atoms with Gasteiger partial charge in [0.2, 0.25) is 0 Å². The average Bonchev–Trinajstić information content (AvgIpc) is 2.32. The zero-order valence-corrected chi connectivity index (χ0v) is 10.4. The van der Waals surface area contributed by atoms with Gasteiger partial charge in [0.25, 0.3) is 5.91 Å². The number of nitrogen functional groups attached to an aromatic ring is 1. The van der Waals surface area contributed by atoms with E-state index in [1.165, 1.54) is 12.1 Å². The molecule has 0 spiro atoms. The van der Waals surface area contributed by atoms with Gasteiger partial charge in [-0.15, -0.1) is 0 Å². The molecule has 0 radical (unpaired) electrons. The molecule has 0 aliphatic heterocycles. The van der Waals surface area contributed by atoms with E-state index in [4.69, 9.17) is 15.2 Å². The topological polar surface area (TPSA) is 73.6 Å². The quantitative estimate of drug-likeness (QED) is 0.587. The van der Waals surface area contributed by atoms with E-state index in [1.807, 2.05) is 0 Å². The first kappa shape index (κ1) is 14.2. The van der Waals surface area contributed by atoms with Crippen LogP contribution in [-0.4, -0.2) is 32.3 Å². The highest BCUT2D eigenvalue weighted by molar-refractivity contribution is 5.80. The Morgan fingerprint density at radius 1 is 1.56 bits per heavy atom. The van der Waals surface area contributed by atoms with Crippen molar-refractivity contribution in [3.63, 3.8) is 0 Å². The summed E-state index contributed by atoms with van der Waals surface area (Å²) in [6.45, 7) is 2.42. The number of methoxy groups -OCH3 is 1. The number of hydrogen-bond donors (Lipinski definition) is 2. The second kappa shape index (κ2) is 6.80. The van der Waals surface area contributed by atoms with Gasteiger partial charge in [-0.3, -0.25) is 4.79 Å². The van der Waals surface area contributed by atoms with Crippen LogP contribution in [0.4, 0.5) is 10.1 Å². The van der Waals surface area contributed by atoms with Crippen LogP contribution in [0.2, 0.25) is 0 Å². The molecular formula is C12H17FN2O3. The van der Waals surface area contributed by atoms with Gasteiger partial charge in [0, 0.05) is 19.7 Å². The van der Waals surface area contributed by atoms with Crippen LogP contribution >= 0.6 is 0 Å². The normalized spacial score (nSPS) is 11.9. The SMILES string of the molecule is COCCNC(=O)C(C)Oc1ccc(F)cc1N. The Balaban J connectivity index is 2.53. The van der Waals surface area contributed by atoms with E-state index < -0.39 is 11.9 Å². The number of ether oxygens (including phenoxy) is 2.